The van der Waals surface area contributed by atoms with Crippen LogP contribution in [-0.4, -0.2) is 73.6 Å². The van der Waals surface area contributed by atoms with E-state index in [2.05, 4.69) is 82.5 Å². The molecule has 0 unspecified atom stereocenters. The minimum Gasteiger partial charge on any atom is -0.400 e. The van der Waals surface area contributed by atoms with Crippen molar-refractivity contribution in [3.05, 3.63) is 95.3 Å². The maximum absolute atomic E-state index is 14.0. The number of pyridine rings is 1. The van der Waals surface area contributed by atoms with Crippen molar-refractivity contribution in [1.29, 1.82) is 0 Å². The summed E-state index contributed by atoms with van der Waals surface area (Å²) in [7, 11) is 3.13. The second-order valence-electron chi connectivity index (χ2n) is 12.0. The fourth-order valence-electron chi connectivity index (χ4n) is 6.45. The molecule has 2 aliphatic heterocycles. The molecule has 1 aliphatic carbocycles. The second-order valence-corrected chi connectivity index (χ2v) is 12.0. The smallest absolute Gasteiger partial charge is 0.251 e. The first-order chi connectivity index (χ1) is 22.9. The number of benzene rings is 2. The number of likely N-dealkylation sites (N-methyl/N-ethyl adjacent to an activating group) is 1. The summed E-state index contributed by atoms with van der Waals surface area (Å²) in [6, 6.07) is 21.4. The first kappa shape index (κ1) is 37.2. The van der Waals surface area contributed by atoms with Crippen LogP contribution in [0.3, 0.4) is 0 Å². The van der Waals surface area contributed by atoms with Crippen LogP contribution in [0.2, 0.25) is 0 Å². The van der Waals surface area contributed by atoms with Crippen LogP contribution in [0.15, 0.2) is 78.6 Å². The number of hydrogen-bond acceptors (Lipinski definition) is 6. The number of para-hydroxylation sites is 1. The number of nitrogens with zero attached hydrogens (tertiary/aromatic N) is 4. The maximum Gasteiger partial charge on any atom is 0.251 e. The van der Waals surface area contributed by atoms with Crippen molar-refractivity contribution in [2.75, 3.05) is 56.7 Å². The van der Waals surface area contributed by atoms with E-state index in [1.807, 2.05) is 43.3 Å². The summed E-state index contributed by atoms with van der Waals surface area (Å²) in [5.74, 6) is 0.878. The normalized spacial score (nSPS) is 18.4. The Labute approximate surface area is 282 Å². The van der Waals surface area contributed by atoms with Gasteiger partial charge < -0.3 is 24.6 Å². The molecule has 7 nitrogen and oxygen atoms in total. The summed E-state index contributed by atoms with van der Waals surface area (Å²) in [6.45, 7) is 10.7. The van der Waals surface area contributed by atoms with Gasteiger partial charge in [-0.1, -0.05) is 81.7 Å². The highest BCUT2D eigenvalue weighted by Gasteiger charge is 2.27. The third-order valence-electron chi connectivity index (χ3n) is 8.59. The molecular weight excluding hydrogens is 584 g/mol. The number of aliphatic hydroxyl groups excluding tert-OH is 1. The molecule has 1 saturated carbocycles. The fourth-order valence-corrected chi connectivity index (χ4v) is 6.45. The fraction of sp³-hybridized carbons (Fsp3) is 0.425. The molecule has 1 aromatic heterocycles. The summed E-state index contributed by atoms with van der Waals surface area (Å²) in [6.07, 6.45) is 14.7. The molecule has 3 aromatic rings. The zero-order valence-corrected chi connectivity index (χ0v) is 29.3. The zero-order valence-electron chi connectivity index (χ0n) is 29.3. The second kappa shape index (κ2) is 19.4. The van der Waals surface area contributed by atoms with Crippen LogP contribution in [0.4, 0.5) is 11.4 Å². The SMILES string of the molecule is CC.CC(C)=O.CN1C/C(C(=O)N2CCN(c3ccncc3)CC2)=C\c2ccccc2/C=C(\C2CCCCC2)c2ccccc21.CO. The van der Waals surface area contributed by atoms with Gasteiger partial charge in [-0.2, -0.15) is 0 Å². The number of Topliss-reactive ketones (excluding diaryl/α,β-unsaturated/α-hetero) is 1. The number of aromatic nitrogens is 1. The molecule has 2 fully saturated rings. The molecule has 1 amide bonds. The Morgan fingerprint density at radius 2 is 1.32 bits per heavy atom. The Kier molecular flexibility index (Phi) is 15.4. The van der Waals surface area contributed by atoms with Gasteiger partial charge in [-0.3, -0.25) is 9.78 Å². The summed E-state index contributed by atoms with van der Waals surface area (Å²) < 4.78 is 0. The van der Waals surface area contributed by atoms with Crippen molar-refractivity contribution in [1.82, 2.24) is 9.88 Å². The lowest BCUT2D eigenvalue weighted by atomic mass is 9.79. The third kappa shape index (κ3) is 10.4. The largest absolute Gasteiger partial charge is 0.400 e. The van der Waals surface area contributed by atoms with Gasteiger partial charge in [0, 0.05) is 81.8 Å². The average molecular weight is 639 g/mol. The van der Waals surface area contributed by atoms with Gasteiger partial charge in [0.2, 0.25) is 0 Å². The lowest BCUT2D eigenvalue weighted by molar-refractivity contribution is -0.127. The lowest BCUT2D eigenvalue weighted by Gasteiger charge is -2.37. The Morgan fingerprint density at radius 1 is 0.766 bits per heavy atom. The van der Waals surface area contributed by atoms with Crippen LogP contribution in [0.5, 0.6) is 0 Å². The summed E-state index contributed by atoms with van der Waals surface area (Å²) in [4.78, 5) is 34.2. The molecule has 6 rings (SSSR count). The quantitative estimate of drug-likeness (QED) is 0.318. The summed E-state index contributed by atoms with van der Waals surface area (Å²) >= 11 is 0. The Hall–Kier alpha value is -4.23. The minimum absolute atomic E-state index is 0.139. The van der Waals surface area contributed by atoms with Crippen molar-refractivity contribution in [3.8, 4) is 0 Å². The molecular formula is C40H54N4O3. The molecule has 0 bridgehead atoms. The van der Waals surface area contributed by atoms with Crippen LogP contribution in [0.25, 0.3) is 17.7 Å². The van der Waals surface area contributed by atoms with E-state index in [-0.39, 0.29) is 11.7 Å². The van der Waals surface area contributed by atoms with Crippen molar-refractivity contribution < 1.29 is 14.7 Å². The number of aliphatic hydroxyl groups is 1. The Morgan fingerprint density at radius 3 is 1.94 bits per heavy atom. The highest BCUT2D eigenvalue weighted by molar-refractivity contribution is 6.01. The standard InChI is InChI=1S/C34H38N4O.C3H6O.C2H6.CH4O/c1-36-25-29(34(39)38-21-19-37(20-22-38)30-15-17-35-18-16-30)23-27-11-5-6-12-28(27)24-32(26-9-3-2-4-10-26)31-13-7-8-14-33(31)36;1-3(2)4;2*1-2/h5-8,11-18,23-24,26H,2-4,9-10,19-22,25H2,1H3;1-2H3;1-2H3;2H,1H3/b29-23+,32-24+;;;. The van der Waals surface area contributed by atoms with Gasteiger partial charge in [0.25, 0.3) is 5.91 Å². The highest BCUT2D eigenvalue weighted by Crippen LogP contribution is 2.41. The monoisotopic (exact) mass is 638 g/mol. The van der Waals surface area contributed by atoms with Crippen molar-refractivity contribution in [2.45, 2.75) is 59.8 Å². The van der Waals surface area contributed by atoms with E-state index in [0.29, 0.717) is 25.6 Å². The molecule has 3 aliphatic rings. The maximum atomic E-state index is 14.0. The number of amides is 1. The Bertz CT molecular complexity index is 1470. The van der Waals surface area contributed by atoms with Gasteiger partial charge >= 0.3 is 0 Å². The van der Waals surface area contributed by atoms with Gasteiger partial charge in [0.05, 0.1) is 0 Å². The van der Waals surface area contributed by atoms with E-state index in [0.717, 1.165) is 31.3 Å². The van der Waals surface area contributed by atoms with Gasteiger partial charge in [0.1, 0.15) is 5.78 Å². The minimum atomic E-state index is 0.139. The van der Waals surface area contributed by atoms with Crippen molar-refractivity contribution in [2.24, 2.45) is 5.92 Å². The molecule has 7 heteroatoms. The van der Waals surface area contributed by atoms with Crippen LogP contribution in [-0.2, 0) is 9.59 Å². The predicted octanol–water partition coefficient (Wildman–Crippen LogP) is 7.61. The highest BCUT2D eigenvalue weighted by atomic mass is 16.2. The van der Waals surface area contributed by atoms with Gasteiger partial charge in [-0.15, -0.1) is 0 Å². The van der Waals surface area contributed by atoms with E-state index in [1.54, 1.807) is 0 Å². The molecule has 47 heavy (non-hydrogen) atoms. The number of ketones is 1. The molecule has 1 saturated heterocycles. The number of anilines is 2. The topological polar surface area (TPSA) is 77.0 Å². The van der Waals surface area contributed by atoms with E-state index in [9.17, 15) is 9.59 Å². The number of rotatable bonds is 3. The number of hydrogen-bond donors (Lipinski definition) is 1. The molecule has 0 atom stereocenters. The summed E-state index contributed by atoms with van der Waals surface area (Å²) in [5, 5.41) is 7.00. The van der Waals surface area contributed by atoms with E-state index < -0.39 is 0 Å². The molecule has 0 radical (unpaired) electrons. The molecule has 0 spiro atoms. The molecule has 252 valence electrons. The molecule has 1 N–H and O–H groups in total. The van der Waals surface area contributed by atoms with E-state index in [1.165, 1.54) is 74.0 Å². The van der Waals surface area contributed by atoms with Crippen LogP contribution >= 0.6 is 0 Å². The number of fused-ring (bicyclic) bond motifs is 2. The Balaban J connectivity index is 0.000000688. The first-order valence-electron chi connectivity index (χ1n) is 17.1. The summed E-state index contributed by atoms with van der Waals surface area (Å²) in [5.41, 5.74) is 8.28. The van der Waals surface area contributed by atoms with Crippen molar-refractivity contribution in [3.63, 3.8) is 0 Å². The number of carbonyl (C=O) groups excluding carboxylic acids is 2. The molecule has 2 aromatic carbocycles. The molecule has 3 heterocycles. The predicted molar refractivity (Wildman–Crippen MR) is 197 cm³/mol. The van der Waals surface area contributed by atoms with Gasteiger partial charge in [-0.25, -0.2) is 0 Å². The third-order valence-corrected chi connectivity index (χ3v) is 8.59. The van der Waals surface area contributed by atoms with Crippen LogP contribution in [0, 0.1) is 5.92 Å². The van der Waals surface area contributed by atoms with Crippen LogP contribution in [0.1, 0.15) is 76.5 Å². The lowest BCUT2D eigenvalue weighted by Crippen LogP contribution is -2.49. The van der Waals surface area contributed by atoms with Gasteiger partial charge in [-0.05, 0) is 73.6 Å². The van der Waals surface area contributed by atoms with Crippen molar-refractivity contribution >= 4 is 40.8 Å². The number of allylic oxidation sites excluding steroid dienone is 1. The zero-order chi connectivity index (χ0) is 34.2. The van der Waals surface area contributed by atoms with Crippen LogP contribution < -0.4 is 9.80 Å². The first-order valence-corrected chi connectivity index (χ1v) is 17.1. The van der Waals surface area contributed by atoms with E-state index >= 15 is 0 Å². The van der Waals surface area contributed by atoms with E-state index in [4.69, 9.17) is 5.11 Å². The van der Waals surface area contributed by atoms with Gasteiger partial charge in [0.15, 0.2) is 0 Å². The average Bonchev–Trinajstić information content (AvgIpc) is 3.12. The number of piperazine rings is 1. The number of carbonyl (C=O) groups is 2.